The summed E-state index contributed by atoms with van der Waals surface area (Å²) in [4.78, 5) is 16.6. The number of aromatic nitrogens is 1. The Balaban J connectivity index is 2.06. The summed E-state index contributed by atoms with van der Waals surface area (Å²) in [6, 6.07) is 9.32. The molecule has 2 aromatic rings. The van der Waals surface area contributed by atoms with Gasteiger partial charge in [-0.15, -0.1) is 11.3 Å². The quantitative estimate of drug-likeness (QED) is 0.846. The largest absolute Gasteiger partial charge is 0.326 e. The molecular formula is C18H22N4OS. The Morgan fingerprint density at radius 1 is 1.29 bits per heavy atom. The smallest absolute Gasteiger partial charge is 0.320 e. The van der Waals surface area contributed by atoms with Crippen LogP contribution in [0.15, 0.2) is 35.8 Å². The van der Waals surface area contributed by atoms with Gasteiger partial charge in [0, 0.05) is 17.3 Å². The molecule has 0 spiro atoms. The third kappa shape index (κ3) is 3.92. The van der Waals surface area contributed by atoms with Crippen molar-refractivity contribution in [1.82, 2.24) is 10.3 Å². The van der Waals surface area contributed by atoms with Crippen LogP contribution >= 0.6 is 11.3 Å². The molecule has 6 heteroatoms. The lowest BCUT2D eigenvalue weighted by molar-refractivity contribution is 0.238. The van der Waals surface area contributed by atoms with E-state index in [9.17, 15) is 10.1 Å². The summed E-state index contributed by atoms with van der Waals surface area (Å²) >= 11 is 1.53. The molecule has 0 aliphatic heterocycles. The molecular weight excluding hydrogens is 320 g/mol. The van der Waals surface area contributed by atoms with E-state index in [1.165, 1.54) is 11.3 Å². The summed E-state index contributed by atoms with van der Waals surface area (Å²) in [6.45, 7) is 7.70. The molecule has 24 heavy (non-hydrogen) atoms. The standard InChI is InChI=1S/C18H22N4OS/c1-5-18(4,15-20-10-11-24-15)22-16(23)21-14-8-6-13(7-9-14)17(2,3)12-19/h6-11H,5H2,1-4H3,(H2,21,22,23). The maximum atomic E-state index is 12.3. The van der Waals surface area contributed by atoms with Crippen LogP contribution in [0.25, 0.3) is 0 Å². The zero-order chi connectivity index (χ0) is 17.8. The number of carbonyl (C=O) groups excluding carboxylic acids is 1. The topological polar surface area (TPSA) is 77.8 Å². The van der Waals surface area contributed by atoms with E-state index in [0.29, 0.717) is 5.69 Å². The summed E-state index contributed by atoms with van der Waals surface area (Å²) in [6.07, 6.45) is 2.48. The van der Waals surface area contributed by atoms with Crippen molar-refractivity contribution in [2.75, 3.05) is 5.32 Å². The van der Waals surface area contributed by atoms with Gasteiger partial charge in [-0.2, -0.15) is 5.26 Å². The van der Waals surface area contributed by atoms with Crippen molar-refractivity contribution < 1.29 is 4.79 Å². The van der Waals surface area contributed by atoms with Crippen LogP contribution in [0.4, 0.5) is 10.5 Å². The van der Waals surface area contributed by atoms with Crippen LogP contribution in [0, 0.1) is 11.3 Å². The van der Waals surface area contributed by atoms with Gasteiger partial charge in [-0.1, -0.05) is 19.1 Å². The number of hydrogen-bond donors (Lipinski definition) is 2. The normalized spacial score (nSPS) is 13.6. The van der Waals surface area contributed by atoms with Gasteiger partial charge in [0.2, 0.25) is 0 Å². The highest BCUT2D eigenvalue weighted by Crippen LogP contribution is 2.27. The minimum atomic E-state index is -0.549. The average molecular weight is 342 g/mol. The van der Waals surface area contributed by atoms with Gasteiger partial charge in [0.25, 0.3) is 0 Å². The third-order valence-corrected chi connectivity index (χ3v) is 5.18. The highest BCUT2D eigenvalue weighted by molar-refractivity contribution is 7.09. The van der Waals surface area contributed by atoms with Crippen LogP contribution in [-0.2, 0) is 11.0 Å². The molecule has 0 saturated carbocycles. The maximum absolute atomic E-state index is 12.3. The van der Waals surface area contributed by atoms with Crippen LogP contribution in [0.1, 0.15) is 44.7 Å². The number of benzene rings is 1. The molecule has 1 aromatic carbocycles. The van der Waals surface area contributed by atoms with Crippen LogP contribution in [0.2, 0.25) is 0 Å². The van der Waals surface area contributed by atoms with Gasteiger partial charge in [-0.25, -0.2) is 9.78 Å². The van der Waals surface area contributed by atoms with Gasteiger partial charge in [0.05, 0.1) is 17.0 Å². The van der Waals surface area contributed by atoms with E-state index in [1.54, 1.807) is 18.3 Å². The highest BCUT2D eigenvalue weighted by Gasteiger charge is 2.29. The Hall–Kier alpha value is -2.39. The van der Waals surface area contributed by atoms with Crippen molar-refractivity contribution in [3.63, 3.8) is 0 Å². The first-order valence-electron chi connectivity index (χ1n) is 7.81. The number of amides is 2. The number of urea groups is 1. The first kappa shape index (κ1) is 18.0. The van der Waals surface area contributed by atoms with Crippen molar-refractivity contribution in [1.29, 1.82) is 5.26 Å². The molecule has 2 amide bonds. The number of rotatable bonds is 5. The molecule has 1 unspecified atom stereocenters. The number of nitrogens with one attached hydrogen (secondary N) is 2. The lowest BCUT2D eigenvalue weighted by atomic mass is 9.86. The van der Waals surface area contributed by atoms with E-state index in [4.69, 9.17) is 0 Å². The summed E-state index contributed by atoms with van der Waals surface area (Å²) < 4.78 is 0. The minimum absolute atomic E-state index is 0.276. The van der Waals surface area contributed by atoms with Crippen molar-refractivity contribution in [3.05, 3.63) is 46.4 Å². The number of anilines is 1. The van der Waals surface area contributed by atoms with Gasteiger partial charge < -0.3 is 10.6 Å². The molecule has 2 rings (SSSR count). The van der Waals surface area contributed by atoms with Crippen molar-refractivity contribution >= 4 is 23.1 Å². The Labute approximate surface area is 146 Å². The predicted molar refractivity (Wildman–Crippen MR) is 97.0 cm³/mol. The Morgan fingerprint density at radius 3 is 2.46 bits per heavy atom. The fraction of sp³-hybridized carbons (Fsp3) is 0.389. The number of nitrogens with zero attached hydrogens (tertiary/aromatic N) is 2. The summed E-state index contributed by atoms with van der Waals surface area (Å²) in [7, 11) is 0. The Bertz CT molecular complexity index is 731. The second-order valence-corrected chi connectivity index (χ2v) is 7.31. The summed E-state index contributed by atoms with van der Waals surface area (Å²) in [5.74, 6) is 0. The zero-order valence-corrected chi connectivity index (χ0v) is 15.2. The van der Waals surface area contributed by atoms with Crippen molar-refractivity contribution in [2.45, 2.75) is 45.1 Å². The van der Waals surface area contributed by atoms with Gasteiger partial charge in [0.15, 0.2) is 0 Å². The minimum Gasteiger partial charge on any atom is -0.326 e. The monoisotopic (exact) mass is 342 g/mol. The fourth-order valence-electron chi connectivity index (χ4n) is 2.24. The average Bonchev–Trinajstić information content (AvgIpc) is 3.10. The molecule has 126 valence electrons. The first-order valence-corrected chi connectivity index (χ1v) is 8.69. The molecule has 0 fully saturated rings. The second-order valence-electron chi connectivity index (χ2n) is 6.42. The third-order valence-electron chi connectivity index (χ3n) is 4.14. The summed E-state index contributed by atoms with van der Waals surface area (Å²) in [5.41, 5.74) is 0.549. The predicted octanol–water partition coefficient (Wildman–Crippen LogP) is 4.39. The number of thiazole rings is 1. The molecule has 2 N–H and O–H groups in total. The molecule has 0 bridgehead atoms. The van der Waals surface area contributed by atoms with Gasteiger partial charge >= 0.3 is 6.03 Å². The SMILES string of the molecule is CCC(C)(NC(=O)Nc1ccc(C(C)(C)C#N)cc1)c1nccs1. The van der Waals surface area contributed by atoms with Crippen LogP contribution < -0.4 is 10.6 Å². The molecule has 0 radical (unpaired) electrons. The summed E-state index contributed by atoms with van der Waals surface area (Å²) in [5, 5.41) is 17.8. The number of hydrogen-bond acceptors (Lipinski definition) is 4. The number of nitriles is 1. The first-order chi connectivity index (χ1) is 11.3. The zero-order valence-electron chi connectivity index (χ0n) is 14.4. The van der Waals surface area contributed by atoms with Crippen molar-refractivity contribution in [2.24, 2.45) is 0 Å². The molecule has 1 aromatic heterocycles. The van der Waals surface area contributed by atoms with E-state index in [0.717, 1.165) is 17.0 Å². The molecule has 0 saturated heterocycles. The van der Waals surface area contributed by atoms with E-state index >= 15 is 0 Å². The van der Waals surface area contributed by atoms with Crippen molar-refractivity contribution in [3.8, 4) is 6.07 Å². The molecule has 5 nitrogen and oxygen atoms in total. The molecule has 0 aliphatic rings. The van der Waals surface area contributed by atoms with E-state index in [1.807, 2.05) is 45.2 Å². The lowest BCUT2D eigenvalue weighted by Gasteiger charge is -2.27. The number of carbonyl (C=O) groups is 1. The van der Waals surface area contributed by atoms with Crippen LogP contribution in [0.5, 0.6) is 0 Å². The fourth-order valence-corrected chi connectivity index (χ4v) is 3.06. The van der Waals surface area contributed by atoms with Crippen LogP contribution in [-0.4, -0.2) is 11.0 Å². The van der Waals surface area contributed by atoms with Crippen LogP contribution in [0.3, 0.4) is 0 Å². The van der Waals surface area contributed by atoms with Gasteiger partial charge in [-0.3, -0.25) is 0 Å². The lowest BCUT2D eigenvalue weighted by Crippen LogP contribution is -2.45. The van der Waals surface area contributed by atoms with E-state index in [-0.39, 0.29) is 6.03 Å². The Morgan fingerprint density at radius 2 is 1.96 bits per heavy atom. The van der Waals surface area contributed by atoms with Gasteiger partial charge in [0.1, 0.15) is 5.01 Å². The van der Waals surface area contributed by atoms with E-state index in [2.05, 4.69) is 21.7 Å². The van der Waals surface area contributed by atoms with E-state index < -0.39 is 11.0 Å². The molecule has 0 aliphatic carbocycles. The second kappa shape index (κ2) is 7.02. The Kier molecular flexibility index (Phi) is 5.25. The highest BCUT2D eigenvalue weighted by atomic mass is 32.1. The van der Waals surface area contributed by atoms with Gasteiger partial charge in [-0.05, 0) is 44.9 Å². The molecule has 1 atom stereocenters. The molecule has 1 heterocycles. The maximum Gasteiger partial charge on any atom is 0.320 e.